The number of rotatable bonds is 6. The topological polar surface area (TPSA) is 47.6 Å². The third-order valence-corrected chi connectivity index (χ3v) is 4.22. The van der Waals surface area contributed by atoms with Crippen molar-refractivity contribution in [3.05, 3.63) is 59.7 Å². The van der Waals surface area contributed by atoms with E-state index in [2.05, 4.69) is 5.32 Å². The minimum absolute atomic E-state index is 0.269. The fraction of sp³-hybridized carbons (Fsp3) is 0.316. The molecule has 3 atom stereocenters. The second-order valence-electron chi connectivity index (χ2n) is 5.82. The van der Waals surface area contributed by atoms with Gasteiger partial charge in [0.1, 0.15) is 17.7 Å². The van der Waals surface area contributed by atoms with Crippen molar-refractivity contribution in [1.82, 2.24) is 5.32 Å². The van der Waals surface area contributed by atoms with Crippen LogP contribution in [0.15, 0.2) is 48.5 Å². The van der Waals surface area contributed by atoms with Gasteiger partial charge in [-0.15, -0.1) is 0 Å². The first-order chi connectivity index (χ1) is 11.6. The van der Waals surface area contributed by atoms with E-state index >= 15 is 0 Å². The number of carbonyl (C=O) groups is 1. The van der Waals surface area contributed by atoms with E-state index in [0.29, 0.717) is 17.9 Å². The van der Waals surface area contributed by atoms with Gasteiger partial charge >= 0.3 is 0 Å². The number of benzene rings is 2. The number of halogens is 1. The van der Waals surface area contributed by atoms with Crippen molar-refractivity contribution < 1.29 is 18.7 Å². The predicted molar refractivity (Wildman–Crippen MR) is 89.0 cm³/mol. The third-order valence-electron chi connectivity index (χ3n) is 4.22. The lowest BCUT2D eigenvalue weighted by atomic mass is 9.97. The Kier molecular flexibility index (Phi) is 4.69. The van der Waals surface area contributed by atoms with Crippen molar-refractivity contribution in [3.8, 4) is 11.5 Å². The van der Waals surface area contributed by atoms with Crippen LogP contribution in [-0.2, 0) is 4.79 Å². The van der Waals surface area contributed by atoms with Crippen molar-refractivity contribution >= 4 is 5.91 Å². The largest absolute Gasteiger partial charge is 0.497 e. The van der Waals surface area contributed by atoms with Crippen LogP contribution < -0.4 is 14.8 Å². The van der Waals surface area contributed by atoms with Gasteiger partial charge in [-0.05, 0) is 24.1 Å². The Morgan fingerprint density at radius 3 is 2.46 bits per heavy atom. The lowest BCUT2D eigenvalue weighted by Crippen LogP contribution is -2.31. The number of methoxy groups -OCH3 is 2. The highest BCUT2D eigenvalue weighted by atomic mass is 19.1. The smallest absolute Gasteiger partial charge is 0.226 e. The highest BCUT2D eigenvalue weighted by Gasteiger charge is 2.44. The molecule has 0 bridgehead atoms. The summed E-state index contributed by atoms with van der Waals surface area (Å²) in [5.74, 6) is 0.463. The minimum atomic E-state index is -1.03. The Morgan fingerprint density at radius 2 is 1.88 bits per heavy atom. The summed E-state index contributed by atoms with van der Waals surface area (Å²) >= 11 is 0. The van der Waals surface area contributed by atoms with Crippen molar-refractivity contribution in [2.24, 2.45) is 5.92 Å². The van der Waals surface area contributed by atoms with Gasteiger partial charge in [-0.1, -0.05) is 30.3 Å². The predicted octanol–water partition coefficient (Wildman–Crippen LogP) is 3.27. The first-order valence-corrected chi connectivity index (χ1v) is 7.85. The summed E-state index contributed by atoms with van der Waals surface area (Å²) in [6.45, 7) is 0. The van der Waals surface area contributed by atoms with Gasteiger partial charge in [0.2, 0.25) is 5.91 Å². The first-order valence-electron chi connectivity index (χ1n) is 7.85. The Bertz CT molecular complexity index is 720. The molecule has 2 aromatic carbocycles. The normalized spacial score (nSPS) is 20.1. The molecule has 126 valence electrons. The SMILES string of the molecule is COc1ccc(C(NC(=O)[C@@H]2C[C@@H]2F)c2ccccc2)c(OC)c1. The van der Waals surface area contributed by atoms with Crippen LogP contribution in [0.3, 0.4) is 0 Å². The standard InChI is InChI=1S/C19H20FNO3/c1-23-13-8-9-14(17(10-13)24-2)18(12-6-4-3-5-7-12)21-19(22)15-11-16(15)20/h3-10,15-16,18H,11H2,1-2H3,(H,21,22)/t15-,16+,18?/m1/s1. The Labute approximate surface area is 140 Å². The van der Waals surface area contributed by atoms with Gasteiger partial charge in [-0.3, -0.25) is 4.79 Å². The van der Waals surface area contributed by atoms with Gasteiger partial charge in [0.15, 0.2) is 0 Å². The molecule has 1 saturated carbocycles. The van der Waals surface area contributed by atoms with Gasteiger partial charge in [0, 0.05) is 11.6 Å². The summed E-state index contributed by atoms with van der Waals surface area (Å²) in [7, 11) is 3.15. The van der Waals surface area contributed by atoms with Gasteiger partial charge < -0.3 is 14.8 Å². The van der Waals surface area contributed by atoms with Crippen molar-refractivity contribution in [3.63, 3.8) is 0 Å². The van der Waals surface area contributed by atoms with Crippen molar-refractivity contribution in [1.29, 1.82) is 0 Å². The zero-order valence-corrected chi connectivity index (χ0v) is 13.7. The lowest BCUT2D eigenvalue weighted by Gasteiger charge is -2.22. The molecular weight excluding hydrogens is 309 g/mol. The fourth-order valence-corrected chi connectivity index (χ4v) is 2.73. The summed E-state index contributed by atoms with van der Waals surface area (Å²) in [5.41, 5.74) is 1.71. The Balaban J connectivity index is 1.96. The van der Waals surface area contributed by atoms with Crippen molar-refractivity contribution in [2.75, 3.05) is 14.2 Å². The highest BCUT2D eigenvalue weighted by Crippen LogP contribution is 2.37. The molecule has 24 heavy (non-hydrogen) atoms. The molecule has 1 aliphatic carbocycles. The van der Waals surface area contributed by atoms with E-state index in [9.17, 15) is 9.18 Å². The van der Waals surface area contributed by atoms with Crippen LogP contribution in [0.4, 0.5) is 4.39 Å². The first kappa shape index (κ1) is 16.3. The molecule has 4 nitrogen and oxygen atoms in total. The minimum Gasteiger partial charge on any atom is -0.497 e. The molecule has 0 spiro atoms. The number of hydrogen-bond acceptors (Lipinski definition) is 3. The van der Waals surface area contributed by atoms with Crippen LogP contribution in [0.1, 0.15) is 23.6 Å². The lowest BCUT2D eigenvalue weighted by molar-refractivity contribution is -0.123. The van der Waals surface area contributed by atoms with Crippen LogP contribution in [0.25, 0.3) is 0 Å². The van der Waals surface area contributed by atoms with E-state index in [1.807, 2.05) is 42.5 Å². The summed E-state index contributed by atoms with van der Waals surface area (Å²) < 4.78 is 23.9. The molecule has 1 fully saturated rings. The molecule has 1 aliphatic rings. The second kappa shape index (κ2) is 6.91. The maximum Gasteiger partial charge on any atom is 0.226 e. The maximum atomic E-state index is 13.2. The van der Waals surface area contributed by atoms with Gasteiger partial charge in [0.05, 0.1) is 26.2 Å². The molecule has 1 unspecified atom stereocenters. The van der Waals surface area contributed by atoms with Gasteiger partial charge in [-0.2, -0.15) is 0 Å². The van der Waals surface area contributed by atoms with E-state index in [4.69, 9.17) is 9.47 Å². The highest BCUT2D eigenvalue weighted by molar-refractivity contribution is 5.83. The van der Waals surface area contributed by atoms with Crippen LogP contribution >= 0.6 is 0 Å². The van der Waals surface area contributed by atoms with Crippen LogP contribution in [0, 0.1) is 5.92 Å². The Morgan fingerprint density at radius 1 is 1.17 bits per heavy atom. The number of alkyl halides is 1. The molecule has 1 N–H and O–H groups in total. The second-order valence-corrected chi connectivity index (χ2v) is 5.82. The molecule has 3 rings (SSSR count). The number of carbonyl (C=O) groups excluding carboxylic acids is 1. The average molecular weight is 329 g/mol. The zero-order chi connectivity index (χ0) is 17.1. The van der Waals surface area contributed by atoms with Crippen LogP contribution in [-0.4, -0.2) is 26.3 Å². The van der Waals surface area contributed by atoms with Crippen molar-refractivity contribution in [2.45, 2.75) is 18.6 Å². The van der Waals surface area contributed by atoms with Gasteiger partial charge in [-0.25, -0.2) is 4.39 Å². The Hall–Kier alpha value is -2.56. The quantitative estimate of drug-likeness (QED) is 0.885. The molecule has 2 aromatic rings. The number of amides is 1. The van der Waals surface area contributed by atoms with E-state index in [-0.39, 0.29) is 5.91 Å². The number of ether oxygens (including phenoxy) is 2. The number of nitrogens with one attached hydrogen (secondary N) is 1. The third kappa shape index (κ3) is 3.35. The maximum absolute atomic E-state index is 13.2. The molecule has 5 heteroatoms. The molecular formula is C19H20FNO3. The zero-order valence-electron chi connectivity index (χ0n) is 13.7. The summed E-state index contributed by atoms with van der Waals surface area (Å²) in [6, 6.07) is 14.6. The van der Waals surface area contributed by atoms with Gasteiger partial charge in [0.25, 0.3) is 0 Å². The molecule has 0 radical (unpaired) electrons. The summed E-state index contributed by atoms with van der Waals surface area (Å²) in [5, 5.41) is 2.95. The molecule has 0 aliphatic heterocycles. The summed E-state index contributed by atoms with van der Waals surface area (Å²) in [4.78, 5) is 12.3. The van der Waals surface area contributed by atoms with E-state index in [0.717, 1.165) is 11.1 Å². The molecule has 0 saturated heterocycles. The van der Waals surface area contributed by atoms with E-state index < -0.39 is 18.1 Å². The van der Waals surface area contributed by atoms with Crippen LogP contribution in [0.5, 0.6) is 11.5 Å². The number of hydrogen-bond donors (Lipinski definition) is 1. The van der Waals surface area contributed by atoms with Crippen LogP contribution in [0.2, 0.25) is 0 Å². The molecule has 0 aromatic heterocycles. The molecule has 0 heterocycles. The van der Waals surface area contributed by atoms with E-state index in [1.54, 1.807) is 20.3 Å². The molecule has 1 amide bonds. The average Bonchev–Trinajstić information content (AvgIpc) is 3.36. The monoisotopic (exact) mass is 329 g/mol. The van der Waals surface area contributed by atoms with E-state index in [1.165, 1.54) is 0 Å². The summed E-state index contributed by atoms with van der Waals surface area (Å²) in [6.07, 6.45) is -0.730. The fourth-order valence-electron chi connectivity index (χ4n) is 2.73.